The van der Waals surface area contributed by atoms with Crippen LogP contribution in [0, 0.1) is 0 Å². The third-order valence-corrected chi connectivity index (χ3v) is 1.76. The summed E-state index contributed by atoms with van der Waals surface area (Å²) in [6.07, 6.45) is 1.51. The SMILES string of the molecule is C=C(C)C(=O)OCCn1ccc(C(=O)O)n1. The van der Waals surface area contributed by atoms with Crippen molar-refractivity contribution in [2.45, 2.75) is 13.5 Å². The Morgan fingerprint density at radius 1 is 1.62 bits per heavy atom. The van der Waals surface area contributed by atoms with Gasteiger partial charge in [-0.05, 0) is 13.0 Å². The van der Waals surface area contributed by atoms with Gasteiger partial charge in [0.1, 0.15) is 6.61 Å². The number of hydrogen-bond acceptors (Lipinski definition) is 4. The molecule has 1 aromatic heterocycles. The van der Waals surface area contributed by atoms with Gasteiger partial charge in [0.05, 0.1) is 6.54 Å². The van der Waals surface area contributed by atoms with Crippen LogP contribution in [0.1, 0.15) is 17.4 Å². The first-order valence-electron chi connectivity index (χ1n) is 4.60. The van der Waals surface area contributed by atoms with E-state index < -0.39 is 11.9 Å². The second kappa shape index (κ2) is 5.11. The Morgan fingerprint density at radius 2 is 2.31 bits per heavy atom. The van der Waals surface area contributed by atoms with Crippen molar-refractivity contribution in [3.8, 4) is 0 Å². The summed E-state index contributed by atoms with van der Waals surface area (Å²) in [4.78, 5) is 21.5. The van der Waals surface area contributed by atoms with E-state index in [1.54, 1.807) is 6.92 Å². The number of nitrogens with zero attached hydrogens (tertiary/aromatic N) is 2. The summed E-state index contributed by atoms with van der Waals surface area (Å²) >= 11 is 0. The monoisotopic (exact) mass is 224 g/mol. The molecular weight excluding hydrogens is 212 g/mol. The Bertz CT molecular complexity index is 422. The molecule has 0 saturated heterocycles. The van der Waals surface area contributed by atoms with Crippen LogP contribution in [0.25, 0.3) is 0 Å². The highest BCUT2D eigenvalue weighted by Gasteiger charge is 2.07. The van der Waals surface area contributed by atoms with E-state index in [2.05, 4.69) is 11.7 Å². The zero-order valence-electron chi connectivity index (χ0n) is 8.84. The van der Waals surface area contributed by atoms with Gasteiger partial charge in [-0.1, -0.05) is 6.58 Å². The average molecular weight is 224 g/mol. The van der Waals surface area contributed by atoms with Gasteiger partial charge in [0.2, 0.25) is 0 Å². The quantitative estimate of drug-likeness (QED) is 0.588. The van der Waals surface area contributed by atoms with Gasteiger partial charge in [-0.2, -0.15) is 5.10 Å². The summed E-state index contributed by atoms with van der Waals surface area (Å²) in [5.41, 5.74) is 0.290. The molecule has 6 heteroatoms. The van der Waals surface area contributed by atoms with E-state index in [1.807, 2.05) is 0 Å². The van der Waals surface area contributed by atoms with Gasteiger partial charge in [0.25, 0.3) is 0 Å². The van der Waals surface area contributed by atoms with Gasteiger partial charge >= 0.3 is 11.9 Å². The molecule has 86 valence electrons. The summed E-state index contributed by atoms with van der Waals surface area (Å²) in [5, 5.41) is 12.4. The molecule has 0 radical (unpaired) electrons. The maximum absolute atomic E-state index is 11.0. The zero-order chi connectivity index (χ0) is 12.1. The molecule has 0 fully saturated rings. The number of rotatable bonds is 5. The third kappa shape index (κ3) is 3.23. The van der Waals surface area contributed by atoms with Crippen molar-refractivity contribution in [2.75, 3.05) is 6.61 Å². The lowest BCUT2D eigenvalue weighted by atomic mass is 10.4. The smallest absolute Gasteiger partial charge is 0.356 e. The van der Waals surface area contributed by atoms with E-state index in [9.17, 15) is 9.59 Å². The molecule has 1 N–H and O–H groups in total. The maximum Gasteiger partial charge on any atom is 0.356 e. The van der Waals surface area contributed by atoms with Crippen molar-refractivity contribution in [3.63, 3.8) is 0 Å². The number of aromatic nitrogens is 2. The highest BCUT2D eigenvalue weighted by atomic mass is 16.5. The minimum atomic E-state index is -1.09. The summed E-state index contributed by atoms with van der Waals surface area (Å²) in [6.45, 7) is 5.43. The minimum Gasteiger partial charge on any atom is -0.476 e. The predicted octanol–water partition coefficient (Wildman–Crippen LogP) is 0.701. The third-order valence-electron chi connectivity index (χ3n) is 1.76. The standard InChI is InChI=1S/C10H12N2O4/c1-7(2)10(15)16-6-5-12-4-3-8(11-12)9(13)14/h3-4H,1,5-6H2,2H3,(H,13,14). The molecule has 0 amide bonds. The number of ether oxygens (including phenoxy) is 1. The zero-order valence-corrected chi connectivity index (χ0v) is 8.84. The normalized spacial score (nSPS) is 9.81. The Morgan fingerprint density at radius 3 is 2.81 bits per heavy atom. The molecule has 0 aromatic carbocycles. The van der Waals surface area contributed by atoms with Crippen LogP contribution in [-0.4, -0.2) is 33.4 Å². The fourth-order valence-corrected chi connectivity index (χ4v) is 0.955. The first-order valence-corrected chi connectivity index (χ1v) is 4.60. The molecule has 0 aliphatic heterocycles. The van der Waals surface area contributed by atoms with Crippen LogP contribution in [0.2, 0.25) is 0 Å². The van der Waals surface area contributed by atoms with Gasteiger partial charge in [-0.15, -0.1) is 0 Å². The van der Waals surface area contributed by atoms with Gasteiger partial charge in [0, 0.05) is 11.8 Å². The summed E-state index contributed by atoms with van der Waals surface area (Å²) in [7, 11) is 0. The molecular formula is C10H12N2O4. The molecule has 1 aromatic rings. The number of carbonyl (C=O) groups excluding carboxylic acids is 1. The average Bonchev–Trinajstić information content (AvgIpc) is 2.66. The fraction of sp³-hybridized carbons (Fsp3) is 0.300. The number of esters is 1. The van der Waals surface area contributed by atoms with E-state index in [1.165, 1.54) is 16.9 Å². The predicted molar refractivity (Wildman–Crippen MR) is 55.0 cm³/mol. The molecule has 0 saturated carbocycles. The van der Waals surface area contributed by atoms with Crippen molar-refractivity contribution in [1.29, 1.82) is 0 Å². The molecule has 0 bridgehead atoms. The Balaban J connectivity index is 2.40. The fourth-order valence-electron chi connectivity index (χ4n) is 0.955. The van der Waals surface area contributed by atoms with Crippen molar-refractivity contribution in [3.05, 3.63) is 30.1 Å². The number of carboxylic acid groups (broad SMARTS) is 1. The molecule has 0 atom stereocenters. The van der Waals surface area contributed by atoms with Gasteiger partial charge in [-0.25, -0.2) is 9.59 Å². The van der Waals surface area contributed by atoms with Gasteiger partial charge in [0.15, 0.2) is 5.69 Å². The van der Waals surface area contributed by atoms with Crippen molar-refractivity contribution >= 4 is 11.9 Å². The van der Waals surface area contributed by atoms with Gasteiger partial charge in [-0.3, -0.25) is 4.68 Å². The lowest BCUT2D eigenvalue weighted by Gasteiger charge is -2.03. The van der Waals surface area contributed by atoms with Crippen LogP contribution in [0.3, 0.4) is 0 Å². The maximum atomic E-state index is 11.0. The second-order valence-electron chi connectivity index (χ2n) is 3.19. The number of aromatic carboxylic acids is 1. The highest BCUT2D eigenvalue weighted by molar-refractivity contribution is 5.86. The largest absolute Gasteiger partial charge is 0.476 e. The summed E-state index contributed by atoms with van der Waals surface area (Å²) < 4.78 is 6.23. The molecule has 1 rings (SSSR count). The van der Waals surface area contributed by atoms with Crippen molar-refractivity contribution in [2.24, 2.45) is 0 Å². The topological polar surface area (TPSA) is 81.4 Å². The van der Waals surface area contributed by atoms with Crippen LogP contribution >= 0.6 is 0 Å². The second-order valence-corrected chi connectivity index (χ2v) is 3.19. The molecule has 0 spiro atoms. The first kappa shape index (κ1) is 12.0. The number of carboxylic acids is 1. The number of carbonyl (C=O) groups is 2. The van der Waals surface area contributed by atoms with Gasteiger partial charge < -0.3 is 9.84 Å². The molecule has 1 heterocycles. The van der Waals surface area contributed by atoms with Crippen LogP contribution < -0.4 is 0 Å². The molecule has 0 aliphatic carbocycles. The molecule has 6 nitrogen and oxygen atoms in total. The Labute approximate surface area is 92.1 Å². The molecule has 16 heavy (non-hydrogen) atoms. The summed E-state index contributed by atoms with van der Waals surface area (Å²) in [6, 6.07) is 1.38. The minimum absolute atomic E-state index is 0.0359. The van der Waals surface area contributed by atoms with E-state index >= 15 is 0 Å². The Hall–Kier alpha value is -2.11. The first-order chi connectivity index (χ1) is 7.50. The van der Waals surface area contributed by atoms with E-state index in [-0.39, 0.29) is 12.3 Å². The molecule has 0 aliphatic rings. The van der Waals surface area contributed by atoms with E-state index in [4.69, 9.17) is 9.84 Å². The van der Waals surface area contributed by atoms with Crippen molar-refractivity contribution < 1.29 is 19.4 Å². The number of hydrogen-bond donors (Lipinski definition) is 1. The van der Waals surface area contributed by atoms with Crippen LogP contribution in [0.15, 0.2) is 24.4 Å². The molecule has 0 unspecified atom stereocenters. The summed E-state index contributed by atoms with van der Waals surface area (Å²) in [5.74, 6) is -1.55. The van der Waals surface area contributed by atoms with Crippen molar-refractivity contribution in [1.82, 2.24) is 9.78 Å². The lowest BCUT2D eigenvalue weighted by Crippen LogP contribution is -2.12. The van der Waals surface area contributed by atoms with Crippen LogP contribution in [0.5, 0.6) is 0 Å². The van der Waals surface area contributed by atoms with Crippen LogP contribution in [-0.2, 0) is 16.1 Å². The van der Waals surface area contributed by atoms with Crippen LogP contribution in [0.4, 0.5) is 0 Å². The van der Waals surface area contributed by atoms with E-state index in [0.717, 1.165) is 0 Å². The lowest BCUT2D eigenvalue weighted by molar-refractivity contribution is -0.139. The van der Waals surface area contributed by atoms with E-state index in [0.29, 0.717) is 12.1 Å². The Kier molecular flexibility index (Phi) is 3.82. The highest BCUT2D eigenvalue weighted by Crippen LogP contribution is 1.97.